The second-order valence-corrected chi connectivity index (χ2v) is 7.30. The van der Waals surface area contributed by atoms with Crippen molar-refractivity contribution >= 4 is 5.97 Å². The summed E-state index contributed by atoms with van der Waals surface area (Å²) in [4.78, 5) is 12.3. The summed E-state index contributed by atoms with van der Waals surface area (Å²) in [7, 11) is 0. The summed E-state index contributed by atoms with van der Waals surface area (Å²) < 4.78 is 32.4. The van der Waals surface area contributed by atoms with Gasteiger partial charge in [-0.05, 0) is 37.5 Å². The standard InChI is InChI=1S/C20H23F2NO2/c21-18-10-16(11-19(22)17(18)12-23)25-20(24)15-8-6-14(7-9-15)13-4-2-1-3-5-13/h10-11,13-15H,1-9H2. The molecule has 0 spiro atoms. The molecule has 0 amide bonds. The molecule has 2 aliphatic rings. The summed E-state index contributed by atoms with van der Waals surface area (Å²) in [6.07, 6.45) is 10.2. The molecule has 2 fully saturated rings. The van der Waals surface area contributed by atoms with E-state index in [4.69, 9.17) is 10.00 Å². The molecule has 0 unspecified atom stereocenters. The molecule has 0 atom stereocenters. The molecule has 134 valence electrons. The van der Waals surface area contributed by atoms with Gasteiger partial charge in [0.1, 0.15) is 29.0 Å². The molecule has 0 heterocycles. The summed E-state index contributed by atoms with van der Waals surface area (Å²) in [6, 6.07) is 3.24. The highest BCUT2D eigenvalue weighted by molar-refractivity contribution is 5.75. The summed E-state index contributed by atoms with van der Waals surface area (Å²) in [5, 5.41) is 8.67. The van der Waals surface area contributed by atoms with Crippen molar-refractivity contribution in [2.24, 2.45) is 17.8 Å². The number of halogens is 2. The van der Waals surface area contributed by atoms with Gasteiger partial charge >= 0.3 is 5.97 Å². The van der Waals surface area contributed by atoms with Crippen molar-refractivity contribution in [3.05, 3.63) is 29.3 Å². The zero-order valence-corrected chi connectivity index (χ0v) is 14.3. The molecule has 1 aromatic rings. The Morgan fingerprint density at radius 3 is 2.08 bits per heavy atom. The van der Waals surface area contributed by atoms with Crippen molar-refractivity contribution in [3.63, 3.8) is 0 Å². The van der Waals surface area contributed by atoms with Crippen LogP contribution in [0.25, 0.3) is 0 Å². The molecule has 0 aliphatic heterocycles. The van der Waals surface area contributed by atoms with Crippen molar-refractivity contribution in [3.8, 4) is 11.8 Å². The number of esters is 1. The van der Waals surface area contributed by atoms with Gasteiger partial charge in [-0.15, -0.1) is 0 Å². The Morgan fingerprint density at radius 2 is 1.52 bits per heavy atom. The van der Waals surface area contributed by atoms with Crippen molar-refractivity contribution in [1.29, 1.82) is 5.26 Å². The number of carbonyl (C=O) groups is 1. The molecular formula is C20H23F2NO2. The zero-order valence-electron chi connectivity index (χ0n) is 14.3. The van der Waals surface area contributed by atoms with E-state index in [0.29, 0.717) is 5.92 Å². The number of nitriles is 1. The second kappa shape index (κ2) is 7.95. The topological polar surface area (TPSA) is 50.1 Å². The normalized spacial score (nSPS) is 24.5. The fourth-order valence-electron chi connectivity index (χ4n) is 4.35. The number of carbonyl (C=O) groups excluding carboxylic acids is 1. The maximum absolute atomic E-state index is 13.6. The Hall–Kier alpha value is -1.96. The van der Waals surface area contributed by atoms with Crippen LogP contribution in [0.3, 0.4) is 0 Å². The second-order valence-electron chi connectivity index (χ2n) is 7.30. The van der Waals surface area contributed by atoms with E-state index in [2.05, 4.69) is 0 Å². The fourth-order valence-corrected chi connectivity index (χ4v) is 4.35. The Balaban J connectivity index is 1.55. The van der Waals surface area contributed by atoms with Crippen LogP contribution in [-0.4, -0.2) is 5.97 Å². The van der Waals surface area contributed by atoms with E-state index in [0.717, 1.165) is 43.7 Å². The molecule has 0 N–H and O–H groups in total. The minimum absolute atomic E-state index is 0.173. The average molecular weight is 347 g/mol. The average Bonchev–Trinajstić information content (AvgIpc) is 2.62. The van der Waals surface area contributed by atoms with Gasteiger partial charge in [0, 0.05) is 12.1 Å². The molecule has 3 nitrogen and oxygen atoms in total. The van der Waals surface area contributed by atoms with E-state index in [9.17, 15) is 13.6 Å². The summed E-state index contributed by atoms with van der Waals surface area (Å²) in [5.74, 6) is -1.32. The van der Waals surface area contributed by atoms with Gasteiger partial charge in [0.15, 0.2) is 0 Å². The number of hydrogen-bond acceptors (Lipinski definition) is 3. The van der Waals surface area contributed by atoms with Gasteiger partial charge in [-0.25, -0.2) is 8.78 Å². The Kier molecular flexibility index (Phi) is 5.67. The first-order valence-corrected chi connectivity index (χ1v) is 9.19. The SMILES string of the molecule is N#Cc1c(F)cc(OC(=O)C2CCC(C3CCCCC3)CC2)cc1F. The van der Waals surface area contributed by atoms with Crippen molar-refractivity contribution < 1.29 is 18.3 Å². The quantitative estimate of drug-likeness (QED) is 0.563. The van der Waals surface area contributed by atoms with Gasteiger partial charge in [0.05, 0.1) is 5.92 Å². The van der Waals surface area contributed by atoms with Crippen LogP contribution in [-0.2, 0) is 4.79 Å². The van der Waals surface area contributed by atoms with Gasteiger partial charge in [-0.2, -0.15) is 5.26 Å². The summed E-state index contributed by atoms with van der Waals surface area (Å²) in [5.41, 5.74) is -0.659. The number of nitrogens with zero attached hydrogens (tertiary/aromatic N) is 1. The van der Waals surface area contributed by atoms with Gasteiger partial charge in [-0.1, -0.05) is 32.1 Å². The molecule has 5 heteroatoms. The molecule has 0 saturated heterocycles. The lowest BCUT2D eigenvalue weighted by Crippen LogP contribution is -2.29. The minimum Gasteiger partial charge on any atom is -0.426 e. The number of benzene rings is 1. The van der Waals surface area contributed by atoms with E-state index in [1.165, 1.54) is 38.2 Å². The van der Waals surface area contributed by atoms with Crippen molar-refractivity contribution in [2.45, 2.75) is 57.8 Å². The number of rotatable bonds is 3. The third-order valence-corrected chi connectivity index (χ3v) is 5.77. The van der Waals surface area contributed by atoms with Crippen LogP contribution in [0.4, 0.5) is 8.78 Å². The molecule has 0 bridgehead atoms. The van der Waals surface area contributed by atoms with Crippen LogP contribution in [0, 0.1) is 40.7 Å². The highest BCUT2D eigenvalue weighted by atomic mass is 19.1. The Morgan fingerprint density at radius 1 is 0.960 bits per heavy atom. The van der Waals surface area contributed by atoms with E-state index in [-0.39, 0.29) is 11.7 Å². The fraction of sp³-hybridized carbons (Fsp3) is 0.600. The number of hydrogen-bond donors (Lipinski definition) is 0. The lowest BCUT2D eigenvalue weighted by molar-refractivity contribution is -0.140. The predicted molar refractivity (Wildman–Crippen MR) is 88.7 cm³/mol. The predicted octanol–water partition coefficient (Wildman–Crippen LogP) is 5.13. The zero-order chi connectivity index (χ0) is 17.8. The largest absolute Gasteiger partial charge is 0.426 e. The monoisotopic (exact) mass is 347 g/mol. The lowest BCUT2D eigenvalue weighted by Gasteiger charge is -2.35. The maximum atomic E-state index is 13.6. The Bertz CT molecular complexity index is 646. The smallest absolute Gasteiger partial charge is 0.314 e. The molecule has 3 rings (SSSR count). The van der Waals surface area contributed by atoms with Crippen LogP contribution < -0.4 is 4.74 Å². The van der Waals surface area contributed by atoms with Gasteiger partial charge in [0.25, 0.3) is 0 Å². The molecule has 0 aromatic heterocycles. The van der Waals surface area contributed by atoms with Gasteiger partial charge in [-0.3, -0.25) is 4.79 Å². The lowest BCUT2D eigenvalue weighted by atomic mass is 9.71. The first kappa shape index (κ1) is 17.8. The van der Waals surface area contributed by atoms with Crippen LogP contribution in [0.1, 0.15) is 63.4 Å². The first-order chi connectivity index (χ1) is 12.1. The molecule has 2 aliphatic carbocycles. The maximum Gasteiger partial charge on any atom is 0.314 e. The van der Waals surface area contributed by atoms with Crippen LogP contribution >= 0.6 is 0 Å². The summed E-state index contributed by atoms with van der Waals surface area (Å²) >= 11 is 0. The molecule has 0 radical (unpaired) electrons. The van der Waals surface area contributed by atoms with E-state index >= 15 is 0 Å². The molecular weight excluding hydrogens is 324 g/mol. The van der Waals surface area contributed by atoms with Gasteiger partial charge in [0.2, 0.25) is 0 Å². The minimum atomic E-state index is -1.01. The van der Waals surface area contributed by atoms with E-state index in [1.807, 2.05) is 0 Å². The van der Waals surface area contributed by atoms with Gasteiger partial charge < -0.3 is 4.74 Å². The highest BCUT2D eigenvalue weighted by Crippen LogP contribution is 2.40. The summed E-state index contributed by atoms with van der Waals surface area (Å²) in [6.45, 7) is 0. The van der Waals surface area contributed by atoms with E-state index < -0.39 is 23.2 Å². The molecule has 2 saturated carbocycles. The van der Waals surface area contributed by atoms with Crippen LogP contribution in [0.2, 0.25) is 0 Å². The highest BCUT2D eigenvalue weighted by Gasteiger charge is 2.32. The van der Waals surface area contributed by atoms with Crippen LogP contribution in [0.5, 0.6) is 5.75 Å². The first-order valence-electron chi connectivity index (χ1n) is 9.19. The number of ether oxygens (including phenoxy) is 1. The third-order valence-electron chi connectivity index (χ3n) is 5.77. The van der Waals surface area contributed by atoms with Crippen molar-refractivity contribution in [1.82, 2.24) is 0 Å². The molecule has 25 heavy (non-hydrogen) atoms. The van der Waals surface area contributed by atoms with Crippen molar-refractivity contribution in [2.75, 3.05) is 0 Å². The van der Waals surface area contributed by atoms with Crippen LogP contribution in [0.15, 0.2) is 12.1 Å². The Labute approximate surface area is 147 Å². The van der Waals surface area contributed by atoms with E-state index in [1.54, 1.807) is 0 Å². The molecule has 1 aromatic carbocycles. The third kappa shape index (κ3) is 4.18.